The number of hydrogen-bond donors (Lipinski definition) is 1. The summed E-state index contributed by atoms with van der Waals surface area (Å²) in [6.07, 6.45) is 1.79. The maximum absolute atomic E-state index is 11.2. The first-order chi connectivity index (χ1) is 7.31. The quantitative estimate of drug-likeness (QED) is 0.802. The Balaban J connectivity index is 2.14. The van der Waals surface area contributed by atoms with Gasteiger partial charge in [-0.05, 0) is 23.8 Å². The molecule has 1 amide bonds. The van der Waals surface area contributed by atoms with Crippen LogP contribution in [0.4, 0.5) is 0 Å². The topological polar surface area (TPSA) is 29.1 Å². The fourth-order valence-corrected chi connectivity index (χ4v) is 2.45. The van der Waals surface area contributed by atoms with Gasteiger partial charge in [0.25, 0.3) is 0 Å². The molecule has 0 bridgehead atoms. The number of hydrogen-bond acceptors (Lipinski definition) is 1. The molecule has 1 fully saturated rings. The molecule has 80 valence electrons. The van der Waals surface area contributed by atoms with Crippen molar-refractivity contribution in [2.75, 3.05) is 6.54 Å². The molecule has 0 aromatic heterocycles. The molecule has 1 saturated heterocycles. The fraction of sp³-hybridized carbons (Fsp3) is 0.462. The van der Waals surface area contributed by atoms with Crippen molar-refractivity contribution in [3.8, 4) is 0 Å². The van der Waals surface area contributed by atoms with E-state index in [4.69, 9.17) is 0 Å². The monoisotopic (exact) mass is 203 g/mol. The molecule has 1 aliphatic rings. The number of amides is 1. The van der Waals surface area contributed by atoms with Crippen molar-refractivity contribution in [1.29, 1.82) is 0 Å². The summed E-state index contributed by atoms with van der Waals surface area (Å²) < 4.78 is 0. The number of benzene rings is 1. The summed E-state index contributed by atoms with van der Waals surface area (Å²) in [5, 5.41) is 2.92. The number of carbonyl (C=O) groups excluding carboxylic acids is 1. The van der Waals surface area contributed by atoms with E-state index in [0.717, 1.165) is 13.0 Å². The van der Waals surface area contributed by atoms with E-state index in [-0.39, 0.29) is 5.91 Å². The van der Waals surface area contributed by atoms with Gasteiger partial charge in [0, 0.05) is 13.0 Å². The van der Waals surface area contributed by atoms with Crippen LogP contribution in [0, 0.1) is 5.92 Å². The van der Waals surface area contributed by atoms with Gasteiger partial charge < -0.3 is 5.32 Å². The molecule has 2 heteroatoms. The van der Waals surface area contributed by atoms with Crippen LogP contribution >= 0.6 is 0 Å². The van der Waals surface area contributed by atoms with Gasteiger partial charge in [0.15, 0.2) is 0 Å². The standard InChI is InChI=1S/C13H17NO/c1-2-12(10-6-4-3-5-7-10)11-8-13(15)14-9-11/h3-7,11-12H,2,8-9H2,1H3,(H,14,15)/t11-,12+/m0/s1. The Hall–Kier alpha value is -1.31. The molecular weight excluding hydrogens is 186 g/mol. The van der Waals surface area contributed by atoms with E-state index >= 15 is 0 Å². The van der Waals surface area contributed by atoms with Gasteiger partial charge in [-0.3, -0.25) is 4.79 Å². The molecule has 1 aromatic rings. The highest BCUT2D eigenvalue weighted by Crippen LogP contribution is 2.31. The van der Waals surface area contributed by atoms with E-state index < -0.39 is 0 Å². The first kappa shape index (κ1) is 10.2. The third-order valence-corrected chi connectivity index (χ3v) is 3.25. The van der Waals surface area contributed by atoms with Crippen LogP contribution in [-0.4, -0.2) is 12.5 Å². The smallest absolute Gasteiger partial charge is 0.220 e. The van der Waals surface area contributed by atoms with Crippen LogP contribution in [0.3, 0.4) is 0 Å². The van der Waals surface area contributed by atoms with Gasteiger partial charge in [0.1, 0.15) is 0 Å². The summed E-state index contributed by atoms with van der Waals surface area (Å²) in [6, 6.07) is 10.5. The van der Waals surface area contributed by atoms with Crippen LogP contribution in [0.25, 0.3) is 0 Å². The molecule has 15 heavy (non-hydrogen) atoms. The van der Waals surface area contributed by atoms with E-state index in [1.807, 2.05) is 6.07 Å². The predicted octanol–water partition coefficient (Wildman–Crippen LogP) is 2.32. The lowest BCUT2D eigenvalue weighted by Crippen LogP contribution is -2.17. The Morgan fingerprint density at radius 2 is 2.13 bits per heavy atom. The predicted molar refractivity (Wildman–Crippen MR) is 60.6 cm³/mol. The zero-order valence-electron chi connectivity index (χ0n) is 9.07. The molecule has 1 N–H and O–H groups in total. The fourth-order valence-electron chi connectivity index (χ4n) is 2.45. The molecule has 0 spiro atoms. The van der Waals surface area contributed by atoms with E-state index in [1.54, 1.807) is 0 Å². The van der Waals surface area contributed by atoms with Gasteiger partial charge in [-0.2, -0.15) is 0 Å². The van der Waals surface area contributed by atoms with Crippen molar-refractivity contribution in [2.24, 2.45) is 5.92 Å². The minimum absolute atomic E-state index is 0.203. The second-order valence-corrected chi connectivity index (χ2v) is 4.19. The normalized spacial score (nSPS) is 22.5. The van der Waals surface area contributed by atoms with Gasteiger partial charge in [0.2, 0.25) is 5.91 Å². The number of nitrogens with one attached hydrogen (secondary N) is 1. The lowest BCUT2D eigenvalue weighted by Gasteiger charge is -2.20. The van der Waals surface area contributed by atoms with Crippen molar-refractivity contribution in [3.05, 3.63) is 35.9 Å². The summed E-state index contributed by atoms with van der Waals surface area (Å²) in [5.74, 6) is 1.20. The molecule has 1 aliphatic heterocycles. The Morgan fingerprint density at radius 1 is 1.40 bits per heavy atom. The second-order valence-electron chi connectivity index (χ2n) is 4.19. The van der Waals surface area contributed by atoms with Crippen molar-refractivity contribution in [1.82, 2.24) is 5.32 Å². The van der Waals surface area contributed by atoms with Crippen molar-refractivity contribution >= 4 is 5.91 Å². The van der Waals surface area contributed by atoms with Gasteiger partial charge >= 0.3 is 0 Å². The Labute approximate surface area is 90.7 Å². The second kappa shape index (κ2) is 4.47. The first-order valence-corrected chi connectivity index (χ1v) is 5.63. The molecule has 2 atom stereocenters. The van der Waals surface area contributed by atoms with Gasteiger partial charge in [-0.15, -0.1) is 0 Å². The average Bonchev–Trinajstić information content (AvgIpc) is 2.68. The van der Waals surface area contributed by atoms with E-state index in [0.29, 0.717) is 18.3 Å². The Bertz CT molecular complexity index is 334. The Morgan fingerprint density at radius 3 is 2.67 bits per heavy atom. The molecule has 0 aliphatic carbocycles. The highest BCUT2D eigenvalue weighted by molar-refractivity contribution is 5.78. The van der Waals surface area contributed by atoms with E-state index in [9.17, 15) is 4.79 Å². The molecular formula is C13H17NO. The summed E-state index contributed by atoms with van der Waals surface area (Å²) in [7, 11) is 0. The highest BCUT2D eigenvalue weighted by Gasteiger charge is 2.28. The maximum Gasteiger partial charge on any atom is 0.220 e. The zero-order valence-corrected chi connectivity index (χ0v) is 9.07. The van der Waals surface area contributed by atoms with Crippen molar-refractivity contribution in [3.63, 3.8) is 0 Å². The van der Waals surface area contributed by atoms with Gasteiger partial charge in [0.05, 0.1) is 0 Å². The Kier molecular flexibility index (Phi) is 3.05. The maximum atomic E-state index is 11.2. The molecule has 2 nitrogen and oxygen atoms in total. The van der Waals surface area contributed by atoms with Crippen LogP contribution in [0.15, 0.2) is 30.3 Å². The molecule has 0 radical (unpaired) electrons. The van der Waals surface area contributed by atoms with Gasteiger partial charge in [-0.25, -0.2) is 0 Å². The van der Waals surface area contributed by atoms with Crippen LogP contribution < -0.4 is 5.32 Å². The van der Waals surface area contributed by atoms with Crippen LogP contribution in [-0.2, 0) is 4.79 Å². The molecule has 0 saturated carbocycles. The number of rotatable bonds is 3. The minimum atomic E-state index is 0.203. The molecule has 0 unspecified atom stereocenters. The van der Waals surface area contributed by atoms with E-state index in [2.05, 4.69) is 36.5 Å². The summed E-state index contributed by atoms with van der Waals surface area (Å²) in [6.45, 7) is 3.03. The molecule has 2 rings (SSSR count). The molecule has 1 heterocycles. The third kappa shape index (κ3) is 2.20. The number of carbonyl (C=O) groups is 1. The SMILES string of the molecule is CC[C@H](c1ccccc1)[C@@H]1CNC(=O)C1. The summed E-state index contributed by atoms with van der Waals surface area (Å²) in [4.78, 5) is 11.2. The lowest BCUT2D eigenvalue weighted by atomic mass is 9.83. The lowest BCUT2D eigenvalue weighted by molar-refractivity contribution is -0.119. The van der Waals surface area contributed by atoms with Crippen molar-refractivity contribution in [2.45, 2.75) is 25.7 Å². The van der Waals surface area contributed by atoms with Crippen LogP contribution in [0.2, 0.25) is 0 Å². The summed E-state index contributed by atoms with van der Waals surface area (Å²) in [5.41, 5.74) is 1.36. The largest absolute Gasteiger partial charge is 0.356 e. The van der Waals surface area contributed by atoms with Crippen LogP contribution in [0.1, 0.15) is 31.2 Å². The average molecular weight is 203 g/mol. The van der Waals surface area contributed by atoms with E-state index in [1.165, 1.54) is 5.56 Å². The zero-order chi connectivity index (χ0) is 10.7. The minimum Gasteiger partial charge on any atom is -0.356 e. The third-order valence-electron chi connectivity index (χ3n) is 3.25. The van der Waals surface area contributed by atoms with Crippen LogP contribution in [0.5, 0.6) is 0 Å². The van der Waals surface area contributed by atoms with Gasteiger partial charge in [-0.1, -0.05) is 37.3 Å². The summed E-state index contributed by atoms with van der Waals surface area (Å²) >= 11 is 0. The molecule has 1 aromatic carbocycles. The highest BCUT2D eigenvalue weighted by atomic mass is 16.1. The first-order valence-electron chi connectivity index (χ1n) is 5.63. The van der Waals surface area contributed by atoms with Crippen molar-refractivity contribution < 1.29 is 4.79 Å².